The maximum atomic E-state index is 11.5. The molecule has 3 heteroatoms. The second kappa shape index (κ2) is 2.61. The van der Waals surface area contributed by atoms with E-state index in [2.05, 4.69) is 4.57 Å². The maximum Gasteiger partial charge on any atom is 0.181 e. The lowest BCUT2D eigenvalue weighted by atomic mass is 10.2. The Labute approximate surface area is 86.1 Å². The van der Waals surface area contributed by atoms with Crippen LogP contribution in [0.3, 0.4) is 0 Å². The van der Waals surface area contributed by atoms with Gasteiger partial charge in [0.1, 0.15) is 0 Å². The fraction of sp³-hybridized carbons (Fsp3) is 0.182. The predicted octanol–water partition coefficient (Wildman–Crippen LogP) is 2.88. The van der Waals surface area contributed by atoms with Crippen molar-refractivity contribution in [3.05, 3.63) is 35.0 Å². The van der Waals surface area contributed by atoms with Crippen molar-refractivity contribution in [3.8, 4) is 0 Å². The molecule has 2 nitrogen and oxygen atoms in total. The van der Waals surface area contributed by atoms with Crippen molar-refractivity contribution in [2.24, 2.45) is 0 Å². The van der Waals surface area contributed by atoms with Crippen LogP contribution < -0.4 is 0 Å². The van der Waals surface area contributed by atoms with Gasteiger partial charge in [-0.25, -0.2) is 0 Å². The van der Waals surface area contributed by atoms with Gasteiger partial charge in [-0.2, -0.15) is 0 Å². The van der Waals surface area contributed by atoms with E-state index in [4.69, 9.17) is 11.6 Å². The standard InChI is InChI=1S/C11H8ClNO/c12-8-1-2-9-7(5-8)6-10-11(14)3-4-13(9)10/h1-2,5-6H,3-4H2. The molecule has 14 heavy (non-hydrogen) atoms. The Bertz CT molecular complexity index is 541. The first-order valence-corrected chi connectivity index (χ1v) is 4.95. The highest BCUT2D eigenvalue weighted by atomic mass is 35.5. The third-order valence-electron chi connectivity index (χ3n) is 2.71. The second-order valence-electron chi connectivity index (χ2n) is 3.56. The van der Waals surface area contributed by atoms with Gasteiger partial charge < -0.3 is 4.57 Å². The monoisotopic (exact) mass is 205 g/mol. The van der Waals surface area contributed by atoms with Gasteiger partial charge in [-0.15, -0.1) is 0 Å². The zero-order valence-corrected chi connectivity index (χ0v) is 8.21. The molecule has 1 aliphatic rings. The van der Waals surface area contributed by atoms with Gasteiger partial charge in [-0.05, 0) is 24.3 Å². The summed E-state index contributed by atoms with van der Waals surface area (Å²) in [5.74, 6) is 0.234. The van der Waals surface area contributed by atoms with Crippen LogP contribution in [0.25, 0.3) is 10.9 Å². The van der Waals surface area contributed by atoms with Gasteiger partial charge in [0.05, 0.1) is 5.69 Å². The van der Waals surface area contributed by atoms with E-state index in [0.29, 0.717) is 11.4 Å². The van der Waals surface area contributed by atoms with Gasteiger partial charge in [0, 0.05) is 28.9 Å². The molecule has 3 rings (SSSR count). The molecular formula is C11H8ClNO. The summed E-state index contributed by atoms with van der Waals surface area (Å²) in [5.41, 5.74) is 1.93. The van der Waals surface area contributed by atoms with Gasteiger partial charge >= 0.3 is 0 Å². The molecule has 0 N–H and O–H groups in total. The molecule has 0 amide bonds. The normalized spacial score (nSPS) is 15.1. The molecule has 1 aromatic heterocycles. The summed E-state index contributed by atoms with van der Waals surface area (Å²) in [6.45, 7) is 0.805. The van der Waals surface area contributed by atoms with E-state index in [1.165, 1.54) is 0 Å². The number of Topliss-reactive ketones (excluding diaryl/α,β-unsaturated/α-hetero) is 1. The molecule has 70 valence electrons. The minimum atomic E-state index is 0.234. The molecule has 2 heterocycles. The summed E-state index contributed by atoms with van der Waals surface area (Å²) in [6.07, 6.45) is 0.633. The van der Waals surface area contributed by atoms with Crippen LogP contribution in [-0.4, -0.2) is 10.4 Å². The van der Waals surface area contributed by atoms with Crippen LogP contribution in [0, 0.1) is 0 Å². The van der Waals surface area contributed by atoms with E-state index in [1.54, 1.807) is 0 Å². The number of ketones is 1. The molecular weight excluding hydrogens is 198 g/mol. The van der Waals surface area contributed by atoms with Crippen molar-refractivity contribution in [3.63, 3.8) is 0 Å². The lowest BCUT2D eigenvalue weighted by Gasteiger charge is -1.98. The van der Waals surface area contributed by atoms with Crippen molar-refractivity contribution >= 4 is 28.3 Å². The summed E-state index contributed by atoms with van der Waals surface area (Å²) in [6, 6.07) is 7.66. The van der Waals surface area contributed by atoms with Crippen LogP contribution in [0.5, 0.6) is 0 Å². The first-order valence-electron chi connectivity index (χ1n) is 4.58. The summed E-state index contributed by atoms with van der Waals surface area (Å²) in [5, 5.41) is 1.77. The third kappa shape index (κ3) is 0.946. The van der Waals surface area contributed by atoms with Crippen molar-refractivity contribution < 1.29 is 4.79 Å². The third-order valence-corrected chi connectivity index (χ3v) is 2.95. The maximum absolute atomic E-state index is 11.5. The number of halogens is 1. The Hall–Kier alpha value is -1.28. The van der Waals surface area contributed by atoms with Crippen molar-refractivity contribution in [1.82, 2.24) is 4.57 Å². The number of aromatic nitrogens is 1. The average Bonchev–Trinajstić information content (AvgIpc) is 2.66. The molecule has 0 saturated carbocycles. The minimum Gasteiger partial charge on any atom is -0.338 e. The topological polar surface area (TPSA) is 22.0 Å². The van der Waals surface area contributed by atoms with Gasteiger partial charge in [0.2, 0.25) is 0 Å². The lowest BCUT2D eigenvalue weighted by Crippen LogP contribution is -1.91. The molecule has 0 unspecified atom stereocenters. The van der Waals surface area contributed by atoms with Crippen molar-refractivity contribution in [2.75, 3.05) is 0 Å². The second-order valence-corrected chi connectivity index (χ2v) is 3.99. The first-order chi connectivity index (χ1) is 6.75. The largest absolute Gasteiger partial charge is 0.338 e. The molecule has 0 atom stereocenters. The highest BCUT2D eigenvalue weighted by Crippen LogP contribution is 2.27. The molecule has 2 aromatic rings. The number of carbonyl (C=O) groups is 1. The van der Waals surface area contributed by atoms with Crippen LogP contribution in [-0.2, 0) is 6.54 Å². The predicted molar refractivity (Wildman–Crippen MR) is 55.9 cm³/mol. The van der Waals surface area contributed by atoms with E-state index in [9.17, 15) is 4.79 Å². The van der Waals surface area contributed by atoms with Crippen molar-refractivity contribution in [1.29, 1.82) is 0 Å². The highest BCUT2D eigenvalue weighted by Gasteiger charge is 2.21. The zero-order valence-electron chi connectivity index (χ0n) is 7.46. The molecule has 0 radical (unpaired) electrons. The molecule has 0 bridgehead atoms. The van der Waals surface area contributed by atoms with Crippen LogP contribution >= 0.6 is 11.6 Å². The van der Waals surface area contributed by atoms with Gasteiger partial charge in [-0.3, -0.25) is 4.79 Å². The summed E-state index contributed by atoms with van der Waals surface area (Å²) in [4.78, 5) is 11.5. The summed E-state index contributed by atoms with van der Waals surface area (Å²) < 4.78 is 2.06. The average molecular weight is 206 g/mol. The fourth-order valence-corrected chi connectivity index (χ4v) is 2.24. The Morgan fingerprint density at radius 2 is 2.14 bits per heavy atom. The van der Waals surface area contributed by atoms with E-state index in [1.807, 2.05) is 24.3 Å². The SMILES string of the molecule is O=C1CCn2c1cc1cc(Cl)ccc12. The Morgan fingerprint density at radius 3 is 3.00 bits per heavy atom. The first kappa shape index (κ1) is 8.06. The van der Waals surface area contributed by atoms with Gasteiger partial charge in [0.25, 0.3) is 0 Å². The van der Waals surface area contributed by atoms with Crippen molar-refractivity contribution in [2.45, 2.75) is 13.0 Å². The molecule has 0 saturated heterocycles. The number of rotatable bonds is 0. The number of benzene rings is 1. The summed E-state index contributed by atoms with van der Waals surface area (Å²) >= 11 is 5.88. The number of fused-ring (bicyclic) bond motifs is 3. The zero-order chi connectivity index (χ0) is 9.71. The Kier molecular flexibility index (Phi) is 1.50. The number of hydrogen-bond acceptors (Lipinski definition) is 1. The number of nitrogens with zero attached hydrogens (tertiary/aromatic N) is 1. The molecule has 0 aliphatic carbocycles. The smallest absolute Gasteiger partial charge is 0.181 e. The van der Waals surface area contributed by atoms with E-state index >= 15 is 0 Å². The minimum absolute atomic E-state index is 0.234. The van der Waals surface area contributed by atoms with Crippen LogP contribution in [0.2, 0.25) is 5.02 Å². The Morgan fingerprint density at radius 1 is 1.29 bits per heavy atom. The van der Waals surface area contributed by atoms with Crippen LogP contribution in [0.4, 0.5) is 0 Å². The quantitative estimate of drug-likeness (QED) is 0.648. The van der Waals surface area contributed by atoms with Gasteiger partial charge in [-0.1, -0.05) is 11.6 Å². The molecule has 0 spiro atoms. The molecule has 1 aliphatic heterocycles. The van der Waals surface area contributed by atoms with E-state index in [0.717, 1.165) is 23.1 Å². The highest BCUT2D eigenvalue weighted by molar-refractivity contribution is 6.31. The van der Waals surface area contributed by atoms with E-state index in [-0.39, 0.29) is 5.78 Å². The van der Waals surface area contributed by atoms with Crippen LogP contribution in [0.15, 0.2) is 24.3 Å². The Balaban J connectivity index is 2.40. The molecule has 1 aromatic carbocycles. The molecule has 0 fully saturated rings. The number of hydrogen-bond donors (Lipinski definition) is 0. The van der Waals surface area contributed by atoms with Crippen LogP contribution in [0.1, 0.15) is 16.9 Å². The number of carbonyl (C=O) groups excluding carboxylic acids is 1. The summed E-state index contributed by atoms with van der Waals surface area (Å²) in [7, 11) is 0. The fourth-order valence-electron chi connectivity index (χ4n) is 2.06. The van der Waals surface area contributed by atoms with Gasteiger partial charge in [0.15, 0.2) is 5.78 Å². The number of aryl methyl sites for hydroxylation is 1. The van der Waals surface area contributed by atoms with E-state index < -0.39 is 0 Å². The lowest BCUT2D eigenvalue weighted by molar-refractivity contribution is 0.0994.